The topological polar surface area (TPSA) is 41.6 Å². The van der Waals surface area contributed by atoms with Crippen molar-refractivity contribution < 1.29 is 9.53 Å². The van der Waals surface area contributed by atoms with Crippen molar-refractivity contribution in [2.24, 2.45) is 0 Å². The largest absolute Gasteiger partial charge is 0.379 e. The number of hydrogen-bond donors (Lipinski definition) is 1. The van der Waals surface area contributed by atoms with Crippen LogP contribution in [0.4, 0.5) is 0 Å². The summed E-state index contributed by atoms with van der Waals surface area (Å²) in [4.78, 5) is 13.3. The van der Waals surface area contributed by atoms with Crippen molar-refractivity contribution in [1.29, 1.82) is 0 Å². The lowest BCUT2D eigenvalue weighted by molar-refractivity contribution is -0.130. The molecule has 1 rings (SSSR count). The third-order valence-electron chi connectivity index (χ3n) is 2.35. The van der Waals surface area contributed by atoms with Crippen LogP contribution in [-0.4, -0.2) is 50.2 Å². The van der Waals surface area contributed by atoms with Gasteiger partial charge in [-0.05, 0) is 6.42 Å². The van der Waals surface area contributed by atoms with E-state index in [1.54, 1.807) is 11.9 Å². The van der Waals surface area contributed by atoms with Gasteiger partial charge in [-0.3, -0.25) is 10.1 Å². The molecule has 0 spiro atoms. The molecule has 0 aromatic heterocycles. The fraction of sp³-hybridized carbons (Fsp3) is 0.700. The number of carbonyl (C=O) groups is 1. The zero-order valence-electron chi connectivity index (χ0n) is 8.45. The number of nitrogens with zero attached hydrogens (tertiary/aromatic N) is 1. The maximum atomic E-state index is 11.5. The van der Waals surface area contributed by atoms with Crippen molar-refractivity contribution in [3.8, 4) is 12.3 Å². The Morgan fingerprint density at radius 3 is 3.14 bits per heavy atom. The third-order valence-corrected chi connectivity index (χ3v) is 2.35. The van der Waals surface area contributed by atoms with Crippen LogP contribution in [0.3, 0.4) is 0 Å². The van der Waals surface area contributed by atoms with E-state index in [1.807, 2.05) is 0 Å². The van der Waals surface area contributed by atoms with Gasteiger partial charge in [-0.1, -0.05) is 5.92 Å². The molecule has 1 N–H and O–H groups in total. The highest BCUT2D eigenvalue weighted by molar-refractivity contribution is 5.78. The van der Waals surface area contributed by atoms with Crippen LogP contribution < -0.4 is 5.32 Å². The quantitative estimate of drug-likeness (QED) is 0.485. The first-order valence-electron chi connectivity index (χ1n) is 4.73. The van der Waals surface area contributed by atoms with E-state index in [-0.39, 0.29) is 11.9 Å². The molecule has 1 amide bonds. The van der Waals surface area contributed by atoms with Gasteiger partial charge in [0, 0.05) is 13.7 Å². The summed E-state index contributed by atoms with van der Waals surface area (Å²) in [5, 5.41) is 2.87. The van der Waals surface area contributed by atoms with Gasteiger partial charge >= 0.3 is 0 Å². The average molecular weight is 196 g/mol. The number of hydrogen-bond acceptors (Lipinski definition) is 3. The van der Waals surface area contributed by atoms with Crippen LogP contribution in [0.15, 0.2) is 0 Å². The average Bonchev–Trinajstić information content (AvgIpc) is 2.69. The van der Waals surface area contributed by atoms with Gasteiger partial charge < -0.3 is 9.64 Å². The molecule has 14 heavy (non-hydrogen) atoms. The van der Waals surface area contributed by atoms with Crippen LogP contribution in [-0.2, 0) is 9.53 Å². The molecule has 0 aliphatic carbocycles. The second kappa shape index (κ2) is 5.63. The molecule has 1 unspecified atom stereocenters. The van der Waals surface area contributed by atoms with Gasteiger partial charge in [0.2, 0.25) is 5.91 Å². The van der Waals surface area contributed by atoms with Gasteiger partial charge in [-0.2, -0.15) is 0 Å². The van der Waals surface area contributed by atoms with E-state index in [2.05, 4.69) is 11.2 Å². The van der Waals surface area contributed by atoms with E-state index in [4.69, 9.17) is 11.2 Å². The van der Waals surface area contributed by atoms with Crippen molar-refractivity contribution in [1.82, 2.24) is 10.2 Å². The number of likely N-dealkylation sites (N-methyl/N-ethyl adjacent to an activating group) is 1. The van der Waals surface area contributed by atoms with Crippen LogP contribution in [0.2, 0.25) is 0 Å². The molecule has 1 heterocycles. The minimum absolute atomic E-state index is 0.0655. The van der Waals surface area contributed by atoms with Gasteiger partial charge in [0.1, 0.15) is 0 Å². The molecule has 0 aromatic rings. The minimum Gasteiger partial charge on any atom is -0.379 e. The Kier molecular flexibility index (Phi) is 4.44. The molecule has 0 radical (unpaired) electrons. The van der Waals surface area contributed by atoms with E-state index in [0.29, 0.717) is 19.7 Å². The van der Waals surface area contributed by atoms with E-state index >= 15 is 0 Å². The van der Waals surface area contributed by atoms with E-state index in [0.717, 1.165) is 13.0 Å². The second-order valence-electron chi connectivity index (χ2n) is 3.33. The molecule has 1 saturated heterocycles. The Morgan fingerprint density at radius 2 is 2.57 bits per heavy atom. The molecule has 1 aliphatic heterocycles. The summed E-state index contributed by atoms with van der Waals surface area (Å²) < 4.78 is 5.21. The maximum absolute atomic E-state index is 11.5. The summed E-state index contributed by atoms with van der Waals surface area (Å²) in [6, 6.07) is 0.232. The summed E-state index contributed by atoms with van der Waals surface area (Å²) >= 11 is 0. The number of nitrogens with one attached hydrogen (secondary N) is 1. The molecule has 4 heteroatoms. The smallest absolute Gasteiger partial charge is 0.236 e. The van der Waals surface area contributed by atoms with Gasteiger partial charge in [-0.25, -0.2) is 0 Å². The Bertz CT molecular complexity index is 229. The lowest BCUT2D eigenvalue weighted by Gasteiger charge is -2.23. The first kappa shape index (κ1) is 11.0. The molecule has 1 fully saturated rings. The van der Waals surface area contributed by atoms with Crippen molar-refractivity contribution in [2.45, 2.75) is 12.5 Å². The first-order valence-corrected chi connectivity index (χ1v) is 4.73. The highest BCUT2D eigenvalue weighted by Crippen LogP contribution is 2.09. The summed E-state index contributed by atoms with van der Waals surface area (Å²) in [5.41, 5.74) is 0. The van der Waals surface area contributed by atoms with Gasteiger partial charge in [0.25, 0.3) is 0 Å². The van der Waals surface area contributed by atoms with E-state index in [9.17, 15) is 4.79 Å². The summed E-state index contributed by atoms with van der Waals surface area (Å²) in [7, 11) is 1.80. The second-order valence-corrected chi connectivity index (χ2v) is 3.33. The van der Waals surface area contributed by atoms with Crippen molar-refractivity contribution in [3.63, 3.8) is 0 Å². The maximum Gasteiger partial charge on any atom is 0.236 e. The summed E-state index contributed by atoms with van der Waals surface area (Å²) in [6.45, 7) is 2.13. The Balaban J connectivity index is 2.25. The zero-order valence-corrected chi connectivity index (χ0v) is 8.45. The van der Waals surface area contributed by atoms with Crippen LogP contribution in [0.5, 0.6) is 0 Å². The Hall–Kier alpha value is -1.05. The van der Waals surface area contributed by atoms with E-state index in [1.165, 1.54) is 0 Å². The molecule has 78 valence electrons. The number of rotatable bonds is 4. The van der Waals surface area contributed by atoms with Crippen molar-refractivity contribution >= 4 is 5.91 Å². The minimum atomic E-state index is 0.0655. The van der Waals surface area contributed by atoms with Gasteiger partial charge in [0.05, 0.1) is 25.7 Å². The number of amides is 1. The van der Waals surface area contributed by atoms with Crippen molar-refractivity contribution in [2.75, 3.05) is 33.4 Å². The lowest BCUT2D eigenvalue weighted by Crippen LogP contribution is -2.42. The van der Waals surface area contributed by atoms with Crippen LogP contribution in [0, 0.1) is 12.3 Å². The fourth-order valence-corrected chi connectivity index (χ4v) is 1.40. The standard InChI is InChI=1S/C10H16N2O2/c1-3-5-11-7-10(13)12(2)9-4-6-14-8-9/h1,9,11H,4-8H2,2H3. The monoisotopic (exact) mass is 196 g/mol. The molecular weight excluding hydrogens is 180 g/mol. The third kappa shape index (κ3) is 3.02. The highest BCUT2D eigenvalue weighted by Gasteiger charge is 2.23. The Morgan fingerprint density at radius 1 is 1.79 bits per heavy atom. The lowest BCUT2D eigenvalue weighted by atomic mass is 10.2. The summed E-state index contributed by atoms with van der Waals surface area (Å²) in [5.74, 6) is 2.49. The van der Waals surface area contributed by atoms with Crippen LogP contribution in [0.1, 0.15) is 6.42 Å². The molecule has 0 aromatic carbocycles. The highest BCUT2D eigenvalue weighted by atomic mass is 16.5. The van der Waals surface area contributed by atoms with Crippen molar-refractivity contribution in [3.05, 3.63) is 0 Å². The first-order chi connectivity index (χ1) is 6.75. The molecule has 1 aliphatic rings. The number of carbonyl (C=O) groups excluding carboxylic acids is 1. The molecule has 4 nitrogen and oxygen atoms in total. The molecule has 1 atom stereocenters. The fourth-order valence-electron chi connectivity index (χ4n) is 1.40. The Labute approximate surface area is 84.6 Å². The molecule has 0 bridgehead atoms. The van der Waals surface area contributed by atoms with Crippen LogP contribution >= 0.6 is 0 Å². The normalized spacial score (nSPS) is 20.4. The zero-order chi connectivity index (χ0) is 10.4. The predicted octanol–water partition coefficient (Wildman–Crippen LogP) is -0.543. The van der Waals surface area contributed by atoms with Crippen LogP contribution in [0.25, 0.3) is 0 Å². The number of ether oxygens (including phenoxy) is 1. The molecular formula is C10H16N2O2. The molecule has 0 saturated carbocycles. The predicted molar refractivity (Wildman–Crippen MR) is 53.7 cm³/mol. The van der Waals surface area contributed by atoms with Gasteiger partial charge in [0.15, 0.2) is 0 Å². The summed E-state index contributed by atoms with van der Waals surface area (Å²) in [6.07, 6.45) is 5.98. The van der Waals surface area contributed by atoms with E-state index < -0.39 is 0 Å². The number of terminal acetylenes is 1. The van der Waals surface area contributed by atoms with Gasteiger partial charge in [-0.15, -0.1) is 6.42 Å². The SMILES string of the molecule is C#CCNCC(=O)N(C)C1CCOC1.